The number of allylic oxidation sites excluding steroid dienone is 2. The van der Waals surface area contributed by atoms with Gasteiger partial charge in [0.15, 0.2) is 5.78 Å². The molecule has 0 heterocycles. The molecule has 0 aliphatic rings. The van der Waals surface area contributed by atoms with Gasteiger partial charge in [0, 0.05) is 12.5 Å². The molecule has 0 aromatic heterocycles. The zero-order valence-corrected chi connectivity index (χ0v) is 9.78. The second-order valence-corrected chi connectivity index (χ2v) is 3.45. The van der Waals surface area contributed by atoms with Crippen molar-refractivity contribution < 1.29 is 14.6 Å². The van der Waals surface area contributed by atoms with E-state index in [1.807, 2.05) is 19.9 Å². The van der Waals surface area contributed by atoms with Gasteiger partial charge in [-0.25, -0.2) is 0 Å². The van der Waals surface area contributed by atoms with Crippen LogP contribution in [-0.2, 0) is 0 Å². The number of rotatable bonds is 4. The Morgan fingerprint density at radius 1 is 1.50 bits per heavy atom. The van der Waals surface area contributed by atoms with Crippen LogP contribution in [0.15, 0.2) is 30.0 Å². The zero-order valence-electron chi connectivity index (χ0n) is 9.78. The highest BCUT2D eigenvalue weighted by Crippen LogP contribution is 2.25. The van der Waals surface area contributed by atoms with E-state index in [9.17, 15) is 9.90 Å². The number of ether oxygens (including phenoxy) is 1. The molecule has 1 N–H and O–H groups in total. The van der Waals surface area contributed by atoms with Crippen LogP contribution in [-0.4, -0.2) is 10.9 Å². The number of hydrogen-bond donors (Lipinski definition) is 1. The van der Waals surface area contributed by atoms with E-state index in [2.05, 4.69) is 0 Å². The number of benzene rings is 1. The Balaban J connectivity index is 2.93. The van der Waals surface area contributed by atoms with Gasteiger partial charge >= 0.3 is 0 Å². The summed E-state index contributed by atoms with van der Waals surface area (Å²) in [5, 5.41) is 9.60. The maximum Gasteiger partial charge on any atom is 0.163 e. The Hall–Kier alpha value is -1.77. The van der Waals surface area contributed by atoms with Crippen molar-refractivity contribution in [3.8, 4) is 11.5 Å². The molecule has 0 saturated heterocycles. The van der Waals surface area contributed by atoms with Crippen LogP contribution in [0.2, 0.25) is 0 Å². The second kappa shape index (κ2) is 5.35. The Morgan fingerprint density at radius 3 is 2.62 bits per heavy atom. The van der Waals surface area contributed by atoms with Gasteiger partial charge in [0.1, 0.15) is 11.5 Å². The second-order valence-electron chi connectivity index (χ2n) is 3.45. The maximum atomic E-state index is 11.1. The third-order valence-corrected chi connectivity index (χ3v) is 2.27. The summed E-state index contributed by atoms with van der Waals surface area (Å²) in [5.41, 5.74) is 0.311. The normalized spacial score (nSPS) is 11.3. The number of phenols is 1. The van der Waals surface area contributed by atoms with Crippen LogP contribution >= 0.6 is 0 Å². The molecule has 0 radical (unpaired) electrons. The number of hydrogen-bond acceptors (Lipinski definition) is 3. The van der Waals surface area contributed by atoms with E-state index >= 15 is 0 Å². The summed E-state index contributed by atoms with van der Waals surface area (Å²) < 4.78 is 5.52. The highest BCUT2D eigenvalue weighted by molar-refractivity contribution is 5.96. The van der Waals surface area contributed by atoms with Gasteiger partial charge in [-0.2, -0.15) is 0 Å². The molecule has 0 fully saturated rings. The minimum Gasteiger partial charge on any atom is -0.507 e. The van der Waals surface area contributed by atoms with Gasteiger partial charge in [0.25, 0.3) is 0 Å². The molecule has 3 heteroatoms. The first-order chi connectivity index (χ1) is 7.58. The van der Waals surface area contributed by atoms with Crippen LogP contribution < -0.4 is 4.74 Å². The summed E-state index contributed by atoms with van der Waals surface area (Å²) in [5.74, 6) is 1.16. The van der Waals surface area contributed by atoms with Gasteiger partial charge in [-0.3, -0.25) is 4.79 Å². The SMILES string of the molecule is CC=C(CC)Oc1ccc(C(C)=O)c(O)c1. The molecule has 0 atom stereocenters. The standard InChI is InChI=1S/C13H16O3/c1-4-10(5-2)16-11-6-7-12(9(3)14)13(15)8-11/h4,6-8,15H,5H2,1-3H3. The number of carbonyl (C=O) groups is 1. The first-order valence-electron chi connectivity index (χ1n) is 5.25. The van der Waals surface area contributed by atoms with Gasteiger partial charge in [0.05, 0.1) is 11.3 Å². The third kappa shape index (κ3) is 2.86. The van der Waals surface area contributed by atoms with Crippen molar-refractivity contribution in [1.29, 1.82) is 0 Å². The molecule has 0 aliphatic heterocycles. The Labute approximate surface area is 95.4 Å². The highest BCUT2D eigenvalue weighted by atomic mass is 16.5. The lowest BCUT2D eigenvalue weighted by Gasteiger charge is -2.09. The summed E-state index contributed by atoms with van der Waals surface area (Å²) in [4.78, 5) is 11.1. The molecular weight excluding hydrogens is 204 g/mol. The fourth-order valence-electron chi connectivity index (χ4n) is 1.36. The topological polar surface area (TPSA) is 46.5 Å². The molecule has 0 spiro atoms. The van der Waals surface area contributed by atoms with Gasteiger partial charge in [-0.05, 0) is 32.1 Å². The molecule has 3 nitrogen and oxygen atoms in total. The van der Waals surface area contributed by atoms with Crippen LogP contribution in [0, 0.1) is 0 Å². The lowest BCUT2D eigenvalue weighted by atomic mass is 10.1. The van der Waals surface area contributed by atoms with Crippen molar-refractivity contribution in [2.24, 2.45) is 0 Å². The quantitative estimate of drug-likeness (QED) is 0.625. The third-order valence-electron chi connectivity index (χ3n) is 2.27. The summed E-state index contributed by atoms with van der Waals surface area (Å²) in [6, 6.07) is 4.70. The lowest BCUT2D eigenvalue weighted by molar-refractivity contribution is 0.101. The van der Waals surface area contributed by atoms with Crippen LogP contribution in [0.4, 0.5) is 0 Å². The van der Waals surface area contributed by atoms with Crippen molar-refractivity contribution in [2.45, 2.75) is 27.2 Å². The number of phenolic OH excluding ortho intramolecular Hbond substituents is 1. The number of carbonyl (C=O) groups excluding carboxylic acids is 1. The summed E-state index contributed by atoms with van der Waals surface area (Å²) in [6.07, 6.45) is 2.65. The molecule has 1 aromatic rings. The van der Waals surface area contributed by atoms with E-state index in [1.54, 1.807) is 12.1 Å². The fraction of sp³-hybridized carbons (Fsp3) is 0.308. The van der Waals surface area contributed by atoms with Gasteiger partial charge < -0.3 is 9.84 Å². The largest absolute Gasteiger partial charge is 0.507 e. The molecule has 0 bridgehead atoms. The molecule has 1 rings (SSSR count). The average Bonchev–Trinajstić information content (AvgIpc) is 2.25. The number of ketones is 1. The number of aromatic hydroxyl groups is 1. The first-order valence-corrected chi connectivity index (χ1v) is 5.25. The van der Waals surface area contributed by atoms with E-state index in [0.29, 0.717) is 11.3 Å². The summed E-state index contributed by atoms with van der Waals surface area (Å²) >= 11 is 0. The van der Waals surface area contributed by atoms with Crippen LogP contribution in [0.5, 0.6) is 11.5 Å². The molecule has 86 valence electrons. The monoisotopic (exact) mass is 220 g/mol. The molecule has 16 heavy (non-hydrogen) atoms. The minimum absolute atomic E-state index is 0.0449. The molecule has 0 saturated carbocycles. The van der Waals surface area contributed by atoms with Crippen LogP contribution in [0.1, 0.15) is 37.6 Å². The molecule has 0 amide bonds. The predicted octanol–water partition coefficient (Wildman–Crippen LogP) is 3.29. The van der Waals surface area contributed by atoms with Crippen molar-refractivity contribution in [3.05, 3.63) is 35.6 Å². The lowest BCUT2D eigenvalue weighted by Crippen LogP contribution is -1.96. The van der Waals surface area contributed by atoms with E-state index in [-0.39, 0.29) is 11.5 Å². The molecule has 0 unspecified atom stereocenters. The predicted molar refractivity (Wildman–Crippen MR) is 62.8 cm³/mol. The minimum atomic E-state index is -0.161. The highest BCUT2D eigenvalue weighted by Gasteiger charge is 2.08. The van der Waals surface area contributed by atoms with E-state index < -0.39 is 0 Å². The van der Waals surface area contributed by atoms with E-state index in [0.717, 1.165) is 12.2 Å². The van der Waals surface area contributed by atoms with Crippen molar-refractivity contribution in [3.63, 3.8) is 0 Å². The Bertz CT molecular complexity index is 419. The molecular formula is C13H16O3. The Kier molecular flexibility index (Phi) is 4.11. The molecule has 1 aromatic carbocycles. The van der Waals surface area contributed by atoms with Crippen molar-refractivity contribution in [2.75, 3.05) is 0 Å². The zero-order chi connectivity index (χ0) is 12.1. The van der Waals surface area contributed by atoms with Crippen LogP contribution in [0.3, 0.4) is 0 Å². The van der Waals surface area contributed by atoms with Gasteiger partial charge in [-0.15, -0.1) is 0 Å². The van der Waals surface area contributed by atoms with Crippen LogP contribution in [0.25, 0.3) is 0 Å². The van der Waals surface area contributed by atoms with Gasteiger partial charge in [-0.1, -0.05) is 6.92 Å². The molecule has 0 aliphatic carbocycles. The van der Waals surface area contributed by atoms with Gasteiger partial charge in [0.2, 0.25) is 0 Å². The summed E-state index contributed by atoms with van der Waals surface area (Å²) in [7, 11) is 0. The number of Topliss-reactive ketones (excluding diaryl/α,β-unsaturated/α-hetero) is 1. The van der Waals surface area contributed by atoms with Crippen molar-refractivity contribution in [1.82, 2.24) is 0 Å². The maximum absolute atomic E-state index is 11.1. The Morgan fingerprint density at radius 2 is 2.19 bits per heavy atom. The van der Waals surface area contributed by atoms with E-state index in [4.69, 9.17) is 4.74 Å². The smallest absolute Gasteiger partial charge is 0.163 e. The van der Waals surface area contributed by atoms with Crippen molar-refractivity contribution >= 4 is 5.78 Å². The summed E-state index contributed by atoms with van der Waals surface area (Å²) in [6.45, 7) is 5.29. The first kappa shape index (κ1) is 12.3. The van der Waals surface area contributed by atoms with E-state index in [1.165, 1.54) is 13.0 Å². The fourth-order valence-corrected chi connectivity index (χ4v) is 1.36. The average molecular weight is 220 g/mol.